The minimum absolute atomic E-state index is 0.266. The predicted molar refractivity (Wildman–Crippen MR) is 79.7 cm³/mol. The molecule has 0 aromatic carbocycles. The van der Waals surface area contributed by atoms with Crippen LogP contribution in [0.4, 0.5) is 5.82 Å². The van der Waals surface area contributed by atoms with Crippen molar-refractivity contribution >= 4 is 11.7 Å². The molecule has 0 radical (unpaired) electrons. The Hall–Kier alpha value is -1.62. The van der Waals surface area contributed by atoms with Gasteiger partial charge in [-0.3, -0.25) is 4.79 Å². The molecule has 1 unspecified atom stereocenters. The van der Waals surface area contributed by atoms with E-state index in [4.69, 9.17) is 5.84 Å². The van der Waals surface area contributed by atoms with Crippen molar-refractivity contribution in [2.45, 2.75) is 45.6 Å². The Morgan fingerprint density at radius 2 is 2.35 bits per heavy atom. The van der Waals surface area contributed by atoms with Crippen molar-refractivity contribution in [2.75, 3.05) is 12.0 Å². The monoisotopic (exact) mass is 276 g/mol. The summed E-state index contributed by atoms with van der Waals surface area (Å²) in [6, 6.07) is 3.82. The first-order valence-electron chi connectivity index (χ1n) is 7.42. The van der Waals surface area contributed by atoms with Crippen molar-refractivity contribution in [3.05, 3.63) is 23.9 Å². The van der Waals surface area contributed by atoms with E-state index >= 15 is 0 Å². The van der Waals surface area contributed by atoms with Gasteiger partial charge in [-0.1, -0.05) is 19.8 Å². The van der Waals surface area contributed by atoms with Gasteiger partial charge in [0.25, 0.3) is 0 Å². The van der Waals surface area contributed by atoms with E-state index in [9.17, 15) is 4.79 Å². The summed E-state index contributed by atoms with van der Waals surface area (Å²) in [5, 5.41) is 0. The van der Waals surface area contributed by atoms with Crippen LogP contribution < -0.4 is 11.3 Å². The van der Waals surface area contributed by atoms with Crippen LogP contribution in [0.25, 0.3) is 0 Å². The topological polar surface area (TPSA) is 71.2 Å². The largest absolute Gasteiger partial charge is 0.338 e. The van der Waals surface area contributed by atoms with Crippen molar-refractivity contribution < 1.29 is 4.79 Å². The highest BCUT2D eigenvalue weighted by Crippen LogP contribution is 2.23. The zero-order valence-corrected chi connectivity index (χ0v) is 12.1. The number of nitrogens with two attached hydrogens (primary N) is 1. The molecule has 3 N–H and O–H groups in total. The highest BCUT2D eigenvalue weighted by atomic mass is 16.2. The standard InChI is InChI=1S/C15H24N4O/c1-2-3-12-4-5-15(20)19(9-7-12)11-13-6-8-17-14(10-13)18-16/h6,8,10,12H,2-5,7,9,11,16H2,1H3,(H,17,18). The van der Waals surface area contributed by atoms with Crippen molar-refractivity contribution in [1.82, 2.24) is 9.88 Å². The predicted octanol–water partition coefficient (Wildman–Crippen LogP) is 2.30. The summed E-state index contributed by atoms with van der Waals surface area (Å²) in [7, 11) is 0. The van der Waals surface area contributed by atoms with Crippen molar-refractivity contribution in [2.24, 2.45) is 11.8 Å². The second kappa shape index (κ2) is 7.24. The summed E-state index contributed by atoms with van der Waals surface area (Å²) in [5.41, 5.74) is 3.60. The Labute approximate surface area is 120 Å². The number of nitrogens with one attached hydrogen (secondary N) is 1. The summed E-state index contributed by atoms with van der Waals surface area (Å²) in [4.78, 5) is 18.2. The Morgan fingerprint density at radius 3 is 3.10 bits per heavy atom. The second-order valence-electron chi connectivity index (χ2n) is 5.49. The first-order chi connectivity index (χ1) is 9.72. The van der Waals surface area contributed by atoms with Crippen LogP contribution in [-0.4, -0.2) is 22.3 Å². The molecule has 2 heterocycles. The fraction of sp³-hybridized carbons (Fsp3) is 0.600. The van der Waals surface area contributed by atoms with Gasteiger partial charge in [-0.25, -0.2) is 10.8 Å². The first-order valence-corrected chi connectivity index (χ1v) is 7.42. The number of amides is 1. The number of aromatic nitrogens is 1. The van der Waals surface area contributed by atoms with Gasteiger partial charge in [0.15, 0.2) is 0 Å². The van der Waals surface area contributed by atoms with Crippen molar-refractivity contribution in [1.29, 1.82) is 0 Å². The SMILES string of the molecule is CCCC1CCC(=O)N(Cc2ccnc(NN)c2)CC1. The Kier molecular flexibility index (Phi) is 5.35. The van der Waals surface area contributed by atoms with Gasteiger partial charge in [0.1, 0.15) is 5.82 Å². The minimum atomic E-state index is 0.266. The van der Waals surface area contributed by atoms with Crippen LogP contribution in [0, 0.1) is 5.92 Å². The molecule has 1 atom stereocenters. The fourth-order valence-corrected chi connectivity index (χ4v) is 2.83. The molecule has 2 rings (SSSR count). The number of nitrogens with zero attached hydrogens (tertiary/aromatic N) is 2. The first kappa shape index (κ1) is 14.8. The molecule has 20 heavy (non-hydrogen) atoms. The van der Waals surface area contributed by atoms with Crippen LogP contribution in [0.1, 0.15) is 44.6 Å². The molecule has 1 saturated heterocycles. The van der Waals surface area contributed by atoms with Gasteiger partial charge in [-0.05, 0) is 36.5 Å². The molecule has 0 saturated carbocycles. The van der Waals surface area contributed by atoms with E-state index in [0.29, 0.717) is 24.7 Å². The summed E-state index contributed by atoms with van der Waals surface area (Å²) >= 11 is 0. The molecule has 1 aliphatic rings. The number of nitrogen functional groups attached to an aromatic ring is 1. The van der Waals surface area contributed by atoms with E-state index in [2.05, 4.69) is 17.3 Å². The summed E-state index contributed by atoms with van der Waals surface area (Å²) < 4.78 is 0. The minimum Gasteiger partial charge on any atom is -0.338 e. The Balaban J connectivity index is 1.98. The third-order valence-electron chi connectivity index (χ3n) is 3.97. The molecule has 0 aliphatic carbocycles. The molecule has 0 spiro atoms. The molecule has 1 aliphatic heterocycles. The number of rotatable bonds is 5. The molecule has 1 aromatic rings. The molecule has 1 aromatic heterocycles. The molecular weight excluding hydrogens is 252 g/mol. The Morgan fingerprint density at radius 1 is 1.50 bits per heavy atom. The lowest BCUT2D eigenvalue weighted by molar-refractivity contribution is -0.131. The van der Waals surface area contributed by atoms with Crippen LogP contribution in [0.15, 0.2) is 18.3 Å². The molecule has 5 heteroatoms. The second-order valence-corrected chi connectivity index (χ2v) is 5.49. The number of anilines is 1. The van der Waals surface area contributed by atoms with Gasteiger partial charge in [-0.2, -0.15) is 0 Å². The molecule has 110 valence electrons. The maximum absolute atomic E-state index is 12.2. The zero-order valence-electron chi connectivity index (χ0n) is 12.1. The lowest BCUT2D eigenvalue weighted by atomic mass is 9.96. The maximum Gasteiger partial charge on any atom is 0.222 e. The number of hydrogen-bond acceptors (Lipinski definition) is 4. The third kappa shape index (κ3) is 3.93. The average molecular weight is 276 g/mol. The van der Waals surface area contributed by atoms with Gasteiger partial charge in [0.05, 0.1) is 0 Å². The van der Waals surface area contributed by atoms with E-state index in [1.165, 1.54) is 12.8 Å². The van der Waals surface area contributed by atoms with Gasteiger partial charge in [0.2, 0.25) is 5.91 Å². The van der Waals surface area contributed by atoms with E-state index in [1.807, 2.05) is 17.0 Å². The summed E-state index contributed by atoms with van der Waals surface area (Å²) in [5.74, 6) is 6.96. The fourth-order valence-electron chi connectivity index (χ4n) is 2.83. The number of hydrogen-bond donors (Lipinski definition) is 2. The number of carbonyl (C=O) groups excluding carboxylic acids is 1. The average Bonchev–Trinajstić information content (AvgIpc) is 2.64. The molecular formula is C15H24N4O. The van der Waals surface area contributed by atoms with Gasteiger partial charge in [-0.15, -0.1) is 0 Å². The summed E-state index contributed by atoms with van der Waals surface area (Å²) in [6.07, 6.45) is 6.98. The third-order valence-corrected chi connectivity index (χ3v) is 3.97. The number of pyridine rings is 1. The lowest BCUT2D eigenvalue weighted by Crippen LogP contribution is -2.29. The van der Waals surface area contributed by atoms with E-state index < -0.39 is 0 Å². The van der Waals surface area contributed by atoms with Crippen LogP contribution in [0.2, 0.25) is 0 Å². The van der Waals surface area contributed by atoms with Crippen molar-refractivity contribution in [3.8, 4) is 0 Å². The maximum atomic E-state index is 12.2. The van der Waals surface area contributed by atoms with E-state index in [-0.39, 0.29) is 5.91 Å². The lowest BCUT2D eigenvalue weighted by Gasteiger charge is -2.21. The normalized spacial score (nSPS) is 19.8. The number of likely N-dealkylation sites (tertiary alicyclic amines) is 1. The van der Waals surface area contributed by atoms with E-state index in [0.717, 1.165) is 24.9 Å². The number of hydrazine groups is 1. The Bertz CT molecular complexity index is 449. The van der Waals surface area contributed by atoms with Crippen LogP contribution in [-0.2, 0) is 11.3 Å². The molecule has 0 bridgehead atoms. The quantitative estimate of drug-likeness (QED) is 0.639. The highest BCUT2D eigenvalue weighted by Gasteiger charge is 2.22. The van der Waals surface area contributed by atoms with Crippen LogP contribution >= 0.6 is 0 Å². The smallest absolute Gasteiger partial charge is 0.222 e. The van der Waals surface area contributed by atoms with E-state index in [1.54, 1.807) is 6.20 Å². The van der Waals surface area contributed by atoms with Crippen molar-refractivity contribution in [3.63, 3.8) is 0 Å². The molecule has 5 nitrogen and oxygen atoms in total. The van der Waals surface area contributed by atoms with Gasteiger partial charge < -0.3 is 10.3 Å². The van der Waals surface area contributed by atoms with Crippen LogP contribution in [0.3, 0.4) is 0 Å². The number of carbonyl (C=O) groups is 1. The molecule has 1 amide bonds. The highest BCUT2D eigenvalue weighted by molar-refractivity contribution is 5.76. The molecule has 1 fully saturated rings. The van der Waals surface area contributed by atoms with Gasteiger partial charge in [0, 0.05) is 25.7 Å². The zero-order chi connectivity index (χ0) is 14.4. The summed E-state index contributed by atoms with van der Waals surface area (Å²) in [6.45, 7) is 3.72. The van der Waals surface area contributed by atoms with Crippen LogP contribution in [0.5, 0.6) is 0 Å². The van der Waals surface area contributed by atoms with Gasteiger partial charge >= 0.3 is 0 Å².